The van der Waals surface area contributed by atoms with E-state index in [1.54, 1.807) is 7.11 Å². The number of hydrogen-bond acceptors (Lipinski definition) is 2. The van der Waals surface area contributed by atoms with Gasteiger partial charge in [-0.05, 0) is 36.3 Å². The summed E-state index contributed by atoms with van der Waals surface area (Å²) in [6.07, 6.45) is 3.53. The first-order valence-electron chi connectivity index (χ1n) is 6.29. The molecule has 4 heteroatoms. The summed E-state index contributed by atoms with van der Waals surface area (Å²) in [6, 6.07) is 5.88. The first-order chi connectivity index (χ1) is 8.67. The molecule has 1 saturated carbocycles. The normalized spacial score (nSPS) is 16.8. The first kappa shape index (κ1) is 14.1. The van der Waals surface area contributed by atoms with Crippen LogP contribution in [0, 0.1) is 5.41 Å². The van der Waals surface area contributed by atoms with Crippen molar-refractivity contribution in [2.24, 2.45) is 5.41 Å². The van der Waals surface area contributed by atoms with E-state index in [-0.39, 0.29) is 0 Å². The third-order valence-corrected chi connectivity index (χ3v) is 4.40. The highest BCUT2D eigenvalue weighted by molar-refractivity contribution is 6.42. The Kier molecular flexibility index (Phi) is 4.91. The highest BCUT2D eigenvalue weighted by Crippen LogP contribution is 2.49. The van der Waals surface area contributed by atoms with Gasteiger partial charge in [0.2, 0.25) is 0 Å². The molecule has 1 aromatic carbocycles. The van der Waals surface area contributed by atoms with Gasteiger partial charge in [-0.3, -0.25) is 0 Å². The SMILES string of the molecule is COCCNCC1(Cc2cccc(Cl)c2Cl)CC1. The van der Waals surface area contributed by atoms with E-state index in [1.165, 1.54) is 12.8 Å². The number of benzene rings is 1. The second kappa shape index (κ2) is 6.25. The van der Waals surface area contributed by atoms with Crippen LogP contribution in [0.4, 0.5) is 0 Å². The third kappa shape index (κ3) is 3.61. The predicted molar refractivity (Wildman–Crippen MR) is 76.6 cm³/mol. The van der Waals surface area contributed by atoms with Gasteiger partial charge in [-0.2, -0.15) is 0 Å². The maximum Gasteiger partial charge on any atom is 0.0624 e. The van der Waals surface area contributed by atoms with Crippen LogP contribution in [-0.4, -0.2) is 26.8 Å². The molecule has 0 aromatic heterocycles. The van der Waals surface area contributed by atoms with Crippen LogP contribution in [0.3, 0.4) is 0 Å². The molecule has 1 aliphatic carbocycles. The smallest absolute Gasteiger partial charge is 0.0624 e. The zero-order chi connectivity index (χ0) is 13.0. The van der Waals surface area contributed by atoms with Crippen molar-refractivity contribution in [3.8, 4) is 0 Å². The fraction of sp³-hybridized carbons (Fsp3) is 0.571. The number of hydrogen-bond donors (Lipinski definition) is 1. The Morgan fingerprint density at radius 2 is 2.11 bits per heavy atom. The lowest BCUT2D eigenvalue weighted by Crippen LogP contribution is -2.28. The summed E-state index contributed by atoms with van der Waals surface area (Å²) < 4.78 is 5.03. The zero-order valence-electron chi connectivity index (χ0n) is 10.6. The zero-order valence-corrected chi connectivity index (χ0v) is 12.2. The van der Waals surface area contributed by atoms with E-state index in [0.29, 0.717) is 15.5 Å². The van der Waals surface area contributed by atoms with Crippen molar-refractivity contribution in [2.45, 2.75) is 19.3 Å². The van der Waals surface area contributed by atoms with Gasteiger partial charge in [0.05, 0.1) is 16.7 Å². The monoisotopic (exact) mass is 287 g/mol. The molecular formula is C14H19Cl2NO. The van der Waals surface area contributed by atoms with Crippen LogP contribution in [0.1, 0.15) is 18.4 Å². The fourth-order valence-electron chi connectivity index (χ4n) is 2.21. The third-order valence-electron chi connectivity index (χ3n) is 3.54. The van der Waals surface area contributed by atoms with Crippen LogP contribution >= 0.6 is 23.2 Å². The van der Waals surface area contributed by atoms with Gasteiger partial charge in [0.15, 0.2) is 0 Å². The van der Waals surface area contributed by atoms with Crippen molar-refractivity contribution < 1.29 is 4.74 Å². The van der Waals surface area contributed by atoms with Gasteiger partial charge in [-0.1, -0.05) is 35.3 Å². The maximum absolute atomic E-state index is 6.24. The fourth-order valence-corrected chi connectivity index (χ4v) is 2.60. The average Bonchev–Trinajstić information content (AvgIpc) is 3.11. The molecule has 100 valence electrons. The topological polar surface area (TPSA) is 21.3 Å². The Balaban J connectivity index is 1.90. The minimum Gasteiger partial charge on any atom is -0.383 e. The van der Waals surface area contributed by atoms with Gasteiger partial charge in [-0.25, -0.2) is 0 Å². The summed E-state index contributed by atoms with van der Waals surface area (Å²) in [5.41, 5.74) is 1.54. The Labute approximate surface area is 119 Å². The van der Waals surface area contributed by atoms with Crippen LogP contribution in [0.2, 0.25) is 10.0 Å². The Morgan fingerprint density at radius 3 is 2.78 bits per heavy atom. The lowest BCUT2D eigenvalue weighted by molar-refractivity contribution is 0.197. The van der Waals surface area contributed by atoms with Crippen molar-refractivity contribution in [3.05, 3.63) is 33.8 Å². The van der Waals surface area contributed by atoms with Crippen LogP contribution in [0.15, 0.2) is 18.2 Å². The molecule has 0 heterocycles. The lowest BCUT2D eigenvalue weighted by atomic mass is 9.96. The molecule has 0 unspecified atom stereocenters. The molecule has 2 rings (SSSR count). The molecule has 0 spiro atoms. The molecule has 0 radical (unpaired) electrons. The molecule has 2 nitrogen and oxygen atoms in total. The van der Waals surface area contributed by atoms with E-state index in [2.05, 4.69) is 11.4 Å². The van der Waals surface area contributed by atoms with Gasteiger partial charge >= 0.3 is 0 Å². The Morgan fingerprint density at radius 1 is 1.33 bits per heavy atom. The summed E-state index contributed by atoms with van der Waals surface area (Å²) in [5.74, 6) is 0. The predicted octanol–water partition coefficient (Wildman–Crippen LogP) is 3.55. The van der Waals surface area contributed by atoms with Crippen molar-refractivity contribution in [2.75, 3.05) is 26.8 Å². The van der Waals surface area contributed by atoms with E-state index < -0.39 is 0 Å². The van der Waals surface area contributed by atoms with Crippen LogP contribution < -0.4 is 5.32 Å². The first-order valence-corrected chi connectivity index (χ1v) is 7.05. The average molecular weight is 288 g/mol. The number of methoxy groups -OCH3 is 1. The van der Waals surface area contributed by atoms with Gasteiger partial charge in [-0.15, -0.1) is 0 Å². The number of ether oxygens (including phenoxy) is 1. The van der Waals surface area contributed by atoms with Crippen molar-refractivity contribution in [3.63, 3.8) is 0 Å². The molecule has 1 aromatic rings. The quantitative estimate of drug-likeness (QED) is 0.775. The largest absolute Gasteiger partial charge is 0.383 e. The van der Waals surface area contributed by atoms with Gasteiger partial charge in [0.25, 0.3) is 0 Å². The summed E-state index contributed by atoms with van der Waals surface area (Å²) in [5, 5.41) is 4.80. The van der Waals surface area contributed by atoms with Crippen LogP contribution in [0.5, 0.6) is 0 Å². The van der Waals surface area contributed by atoms with E-state index in [1.807, 2.05) is 12.1 Å². The Hall–Kier alpha value is -0.280. The maximum atomic E-state index is 6.24. The molecule has 0 bridgehead atoms. The minimum absolute atomic E-state index is 0.377. The molecule has 0 saturated heterocycles. The molecule has 0 amide bonds. The number of halogens is 2. The van der Waals surface area contributed by atoms with Crippen LogP contribution in [0.25, 0.3) is 0 Å². The number of rotatable bonds is 7. The Bertz CT molecular complexity index is 405. The van der Waals surface area contributed by atoms with Crippen molar-refractivity contribution >= 4 is 23.2 Å². The van der Waals surface area contributed by atoms with Crippen molar-refractivity contribution in [1.82, 2.24) is 5.32 Å². The summed E-state index contributed by atoms with van der Waals surface area (Å²) in [6.45, 7) is 2.69. The van der Waals surface area contributed by atoms with Gasteiger partial charge < -0.3 is 10.1 Å². The molecule has 1 aliphatic rings. The molecule has 0 aliphatic heterocycles. The van der Waals surface area contributed by atoms with E-state index in [9.17, 15) is 0 Å². The standard InChI is InChI=1S/C14H19Cl2NO/c1-18-8-7-17-10-14(5-6-14)9-11-3-2-4-12(15)13(11)16/h2-4,17H,5-10H2,1H3. The summed E-state index contributed by atoms with van der Waals surface area (Å²) in [4.78, 5) is 0. The molecule has 1 N–H and O–H groups in total. The lowest BCUT2D eigenvalue weighted by Gasteiger charge is -2.17. The highest BCUT2D eigenvalue weighted by atomic mass is 35.5. The second-order valence-corrected chi connectivity index (χ2v) is 5.84. The molecule has 1 fully saturated rings. The van der Waals surface area contributed by atoms with Crippen LogP contribution in [-0.2, 0) is 11.2 Å². The highest BCUT2D eigenvalue weighted by Gasteiger charge is 2.42. The minimum atomic E-state index is 0.377. The number of nitrogens with one attached hydrogen (secondary N) is 1. The molecule has 18 heavy (non-hydrogen) atoms. The van der Waals surface area contributed by atoms with E-state index in [0.717, 1.165) is 31.7 Å². The molecule has 0 atom stereocenters. The summed E-state index contributed by atoms with van der Waals surface area (Å²) in [7, 11) is 1.72. The van der Waals surface area contributed by atoms with Crippen molar-refractivity contribution in [1.29, 1.82) is 0 Å². The van der Waals surface area contributed by atoms with Gasteiger partial charge in [0, 0.05) is 20.2 Å². The van der Waals surface area contributed by atoms with E-state index >= 15 is 0 Å². The van der Waals surface area contributed by atoms with Gasteiger partial charge in [0.1, 0.15) is 0 Å². The van der Waals surface area contributed by atoms with E-state index in [4.69, 9.17) is 27.9 Å². The summed E-state index contributed by atoms with van der Waals surface area (Å²) >= 11 is 12.3. The second-order valence-electron chi connectivity index (χ2n) is 5.06. The molecular weight excluding hydrogens is 269 g/mol.